The van der Waals surface area contributed by atoms with E-state index < -0.39 is 13.7 Å². The third-order valence-electron chi connectivity index (χ3n) is 6.09. The zero-order chi connectivity index (χ0) is 28.0. The minimum atomic E-state index is -5.00. The molecule has 1 aliphatic heterocycles. The van der Waals surface area contributed by atoms with Crippen LogP contribution in [0.15, 0.2) is 65.3 Å². The number of phosphoric ester groups is 1. The fourth-order valence-electron chi connectivity index (χ4n) is 4.12. The van der Waals surface area contributed by atoms with E-state index in [1.165, 1.54) is 40.3 Å². The molecule has 2 aromatic rings. The van der Waals surface area contributed by atoms with E-state index in [-0.39, 0.29) is 46.4 Å². The topological polar surface area (TPSA) is 140 Å². The van der Waals surface area contributed by atoms with Crippen LogP contribution in [0.3, 0.4) is 0 Å². The van der Waals surface area contributed by atoms with Crippen molar-refractivity contribution in [3.8, 4) is 17.2 Å². The number of phenols is 2. The van der Waals surface area contributed by atoms with Gasteiger partial charge in [-0.15, -0.1) is 0 Å². The molecule has 38 heavy (non-hydrogen) atoms. The largest absolute Gasteiger partial charge is 0.524 e. The van der Waals surface area contributed by atoms with Gasteiger partial charge in [0.2, 0.25) is 0 Å². The van der Waals surface area contributed by atoms with Crippen molar-refractivity contribution in [2.45, 2.75) is 53.4 Å². The molecule has 3 rings (SSSR count). The molecule has 0 spiro atoms. The normalized spacial score (nSPS) is 13.8. The zero-order valence-electron chi connectivity index (χ0n) is 22.1. The van der Waals surface area contributed by atoms with Gasteiger partial charge in [-0.3, -0.25) is 14.6 Å². The highest BCUT2D eigenvalue weighted by molar-refractivity contribution is 7.46. The van der Waals surface area contributed by atoms with Crippen molar-refractivity contribution in [3.05, 3.63) is 70.8 Å². The number of para-hydroxylation sites is 1. The van der Waals surface area contributed by atoms with Crippen LogP contribution in [0.5, 0.6) is 17.2 Å². The predicted molar refractivity (Wildman–Crippen MR) is 149 cm³/mol. The van der Waals surface area contributed by atoms with Gasteiger partial charge in [0.25, 0.3) is 5.91 Å². The highest BCUT2D eigenvalue weighted by atomic mass is 31.2. The summed E-state index contributed by atoms with van der Waals surface area (Å²) in [4.78, 5) is 33.8. The van der Waals surface area contributed by atoms with Crippen LogP contribution in [0.4, 0.5) is 17.1 Å². The van der Waals surface area contributed by atoms with Crippen LogP contribution < -0.4 is 14.7 Å². The lowest BCUT2D eigenvalue weighted by atomic mass is 10.1. The summed E-state index contributed by atoms with van der Waals surface area (Å²) in [6, 6.07) is 6.78. The number of amides is 1. The van der Waals surface area contributed by atoms with Crippen molar-refractivity contribution in [2.24, 2.45) is 0 Å². The van der Waals surface area contributed by atoms with Gasteiger partial charge in [0.15, 0.2) is 5.75 Å². The van der Waals surface area contributed by atoms with Gasteiger partial charge in [-0.1, -0.05) is 41.0 Å². The number of allylic oxidation sites excluding steroid dienone is 5. The Kier molecular flexibility index (Phi) is 9.44. The Morgan fingerprint density at radius 3 is 2.29 bits per heavy atom. The minimum Gasteiger partial charge on any atom is -0.508 e. The van der Waals surface area contributed by atoms with Gasteiger partial charge in [0.1, 0.15) is 17.2 Å². The first-order chi connectivity index (χ1) is 17.9. The Morgan fingerprint density at radius 2 is 1.63 bits per heavy atom. The maximum atomic E-state index is 13.6. The van der Waals surface area contributed by atoms with Gasteiger partial charge in [-0.05, 0) is 65.5 Å². The number of nitrogens with zero attached hydrogens (tertiary/aromatic N) is 1. The Labute approximate surface area is 223 Å². The van der Waals surface area contributed by atoms with E-state index in [4.69, 9.17) is 4.52 Å². The summed E-state index contributed by atoms with van der Waals surface area (Å²) in [6.07, 6.45) is 10.0. The smallest absolute Gasteiger partial charge is 0.508 e. The summed E-state index contributed by atoms with van der Waals surface area (Å²) >= 11 is 0. The molecule has 1 heterocycles. The van der Waals surface area contributed by atoms with Crippen molar-refractivity contribution < 1.29 is 33.9 Å². The van der Waals surface area contributed by atoms with E-state index in [0.29, 0.717) is 0 Å². The van der Waals surface area contributed by atoms with Crippen molar-refractivity contribution in [1.82, 2.24) is 0 Å². The molecular formula is C28H35N2O7P. The monoisotopic (exact) mass is 542 g/mol. The number of nitrogens with one attached hydrogen (secondary N) is 1. The Hall–Kier alpha value is -3.52. The molecule has 10 heteroatoms. The number of rotatable bonds is 10. The zero-order valence-corrected chi connectivity index (χ0v) is 23.0. The number of carbonyl (C=O) groups is 1. The maximum Gasteiger partial charge on any atom is 0.524 e. The van der Waals surface area contributed by atoms with Crippen LogP contribution in [0.25, 0.3) is 0 Å². The van der Waals surface area contributed by atoms with Crippen molar-refractivity contribution in [3.63, 3.8) is 0 Å². The van der Waals surface area contributed by atoms with Crippen molar-refractivity contribution in [1.29, 1.82) is 0 Å². The Balaban J connectivity index is 1.90. The molecule has 0 bridgehead atoms. The average Bonchev–Trinajstić information content (AvgIpc) is 2.92. The number of carbonyl (C=O) groups excluding carboxylic acids is 1. The molecule has 2 aromatic carbocycles. The molecule has 0 radical (unpaired) electrons. The summed E-state index contributed by atoms with van der Waals surface area (Å²) in [5, 5.41) is 23.6. The second kappa shape index (κ2) is 12.3. The molecule has 0 saturated carbocycles. The SMILES string of the molecule is CC(C)=CCC/C(C)=C/CC/C(C)=C/CN1C(=O)c2cccc(O)c2Nc2c(OP(=O)(O)O)cc(O)cc21. The minimum absolute atomic E-state index is 0.0284. The van der Waals surface area contributed by atoms with Crippen molar-refractivity contribution in [2.75, 3.05) is 16.8 Å². The van der Waals surface area contributed by atoms with Crippen LogP contribution in [-0.2, 0) is 4.57 Å². The second-order valence-electron chi connectivity index (χ2n) is 9.62. The third-order valence-corrected chi connectivity index (χ3v) is 6.52. The lowest BCUT2D eigenvalue weighted by Gasteiger charge is -2.23. The molecule has 9 nitrogen and oxygen atoms in total. The van der Waals surface area contributed by atoms with Crippen LogP contribution in [0.1, 0.15) is 63.7 Å². The quantitative estimate of drug-likeness (QED) is 0.0968. The maximum absolute atomic E-state index is 13.6. The van der Waals surface area contributed by atoms with Gasteiger partial charge in [-0.25, -0.2) is 4.57 Å². The fourth-order valence-corrected chi connectivity index (χ4v) is 4.52. The van der Waals surface area contributed by atoms with E-state index in [1.54, 1.807) is 0 Å². The number of aromatic hydroxyl groups is 2. The van der Waals surface area contributed by atoms with E-state index >= 15 is 0 Å². The molecule has 0 atom stereocenters. The Bertz CT molecular complexity index is 1340. The van der Waals surface area contributed by atoms with E-state index in [1.807, 2.05) is 13.0 Å². The van der Waals surface area contributed by atoms with E-state index in [0.717, 1.165) is 37.3 Å². The molecule has 5 N–H and O–H groups in total. The molecule has 1 aliphatic rings. The number of benzene rings is 2. The van der Waals surface area contributed by atoms with Gasteiger partial charge in [0.05, 0.1) is 16.9 Å². The van der Waals surface area contributed by atoms with Gasteiger partial charge >= 0.3 is 7.82 Å². The highest BCUT2D eigenvalue weighted by Crippen LogP contribution is 2.50. The summed E-state index contributed by atoms with van der Waals surface area (Å²) in [5.41, 5.74) is 4.08. The van der Waals surface area contributed by atoms with Crippen molar-refractivity contribution >= 4 is 30.8 Å². The fraction of sp³-hybridized carbons (Fsp3) is 0.321. The first-order valence-electron chi connectivity index (χ1n) is 12.3. The van der Waals surface area contributed by atoms with Gasteiger partial charge in [0, 0.05) is 18.7 Å². The van der Waals surface area contributed by atoms with Gasteiger partial charge < -0.3 is 25.0 Å². The average molecular weight is 543 g/mol. The summed E-state index contributed by atoms with van der Waals surface area (Å²) in [7, 11) is -5.00. The number of phosphoric acid groups is 1. The lowest BCUT2D eigenvalue weighted by Crippen LogP contribution is -2.30. The molecular weight excluding hydrogens is 507 g/mol. The van der Waals surface area contributed by atoms with E-state index in [9.17, 15) is 29.4 Å². The molecule has 0 saturated heterocycles. The number of hydrogen-bond acceptors (Lipinski definition) is 6. The van der Waals surface area contributed by atoms with E-state index in [2.05, 4.69) is 38.2 Å². The number of fused-ring (bicyclic) bond motifs is 2. The molecule has 204 valence electrons. The molecule has 1 amide bonds. The van der Waals surface area contributed by atoms with Crippen LogP contribution in [-0.4, -0.2) is 32.5 Å². The van der Waals surface area contributed by atoms with Crippen LogP contribution >= 0.6 is 7.82 Å². The van der Waals surface area contributed by atoms with Gasteiger partial charge in [-0.2, -0.15) is 0 Å². The lowest BCUT2D eigenvalue weighted by molar-refractivity contribution is 0.0990. The first kappa shape index (κ1) is 29.0. The van der Waals surface area contributed by atoms with Crippen LogP contribution in [0, 0.1) is 0 Å². The molecule has 0 aliphatic carbocycles. The molecule has 0 unspecified atom stereocenters. The third kappa shape index (κ3) is 7.74. The standard InChI is InChI=1S/C28H35N2O7P/c1-18(2)8-5-9-19(3)10-6-11-20(4)14-15-30-23-16-21(31)17-25(37-38(34,35)36)27(23)29-26-22(28(30)33)12-7-13-24(26)32/h7-8,10,12-14,16-17,29,31-32H,5-6,9,11,15H2,1-4H3,(H2,34,35,36)/b19-10+,20-14+. The summed E-state index contributed by atoms with van der Waals surface area (Å²) < 4.78 is 16.4. The van der Waals surface area contributed by atoms with Crippen LogP contribution in [0.2, 0.25) is 0 Å². The predicted octanol–water partition coefficient (Wildman–Crippen LogP) is 6.69. The second-order valence-corrected chi connectivity index (χ2v) is 10.8. The highest BCUT2D eigenvalue weighted by Gasteiger charge is 2.32. The number of hydrogen-bond donors (Lipinski definition) is 5. The molecule has 0 fully saturated rings. The first-order valence-corrected chi connectivity index (χ1v) is 13.9. The summed E-state index contributed by atoms with van der Waals surface area (Å²) in [6.45, 7) is 8.39. The Morgan fingerprint density at radius 1 is 0.974 bits per heavy atom. The number of anilines is 3. The summed E-state index contributed by atoms with van der Waals surface area (Å²) in [5.74, 6) is -1.40. The number of phenolic OH excluding ortho intramolecular Hbond substituents is 2. The molecule has 0 aromatic heterocycles.